The SMILES string of the molecule is C=C([C@@H](N=C(C)CC)C(C)C)N1CCC[C@H]1c1nc2ccc(-c3ccc(-c4cnc[nH]4)cc3)cc2[nH]1. The fraction of sp³-hybridized carbons (Fsp3) is 0.367. The van der Waals surface area contributed by atoms with Crippen molar-refractivity contribution >= 4 is 16.7 Å². The Morgan fingerprint density at radius 3 is 2.58 bits per heavy atom. The van der Waals surface area contributed by atoms with Crippen LogP contribution in [0.5, 0.6) is 0 Å². The fourth-order valence-corrected chi connectivity index (χ4v) is 5.12. The van der Waals surface area contributed by atoms with Gasteiger partial charge in [-0.2, -0.15) is 0 Å². The Bertz CT molecular complexity index is 1360. The van der Waals surface area contributed by atoms with Crippen LogP contribution in [0.3, 0.4) is 0 Å². The summed E-state index contributed by atoms with van der Waals surface area (Å²) >= 11 is 0. The lowest BCUT2D eigenvalue weighted by molar-refractivity contribution is 0.283. The normalized spacial score (nSPS) is 17.3. The second-order valence-electron chi connectivity index (χ2n) is 10.1. The van der Waals surface area contributed by atoms with Crippen molar-refractivity contribution in [1.29, 1.82) is 0 Å². The molecule has 2 aromatic carbocycles. The lowest BCUT2D eigenvalue weighted by Gasteiger charge is -2.32. The van der Waals surface area contributed by atoms with Crippen LogP contribution >= 0.6 is 0 Å². The van der Waals surface area contributed by atoms with Crippen molar-refractivity contribution in [2.24, 2.45) is 10.9 Å². The molecule has 0 aliphatic carbocycles. The van der Waals surface area contributed by atoms with E-state index in [2.05, 4.69) is 96.6 Å². The summed E-state index contributed by atoms with van der Waals surface area (Å²) in [6.07, 6.45) is 6.72. The maximum absolute atomic E-state index is 5.02. The molecule has 36 heavy (non-hydrogen) atoms. The Labute approximate surface area is 213 Å². The molecule has 2 N–H and O–H groups in total. The fourth-order valence-electron chi connectivity index (χ4n) is 5.12. The Hall–Kier alpha value is -3.67. The number of aromatic amines is 2. The van der Waals surface area contributed by atoms with Crippen molar-refractivity contribution in [3.05, 3.63) is 73.1 Å². The Kier molecular flexibility index (Phi) is 6.77. The van der Waals surface area contributed by atoms with Crippen molar-refractivity contribution in [2.45, 2.75) is 59.0 Å². The molecule has 0 amide bonds. The summed E-state index contributed by atoms with van der Waals surface area (Å²) in [7, 11) is 0. The van der Waals surface area contributed by atoms with Crippen LogP contribution in [0, 0.1) is 5.92 Å². The van der Waals surface area contributed by atoms with Crippen molar-refractivity contribution in [1.82, 2.24) is 24.8 Å². The van der Waals surface area contributed by atoms with Crippen LogP contribution in [0.2, 0.25) is 0 Å². The van der Waals surface area contributed by atoms with Gasteiger partial charge in [-0.1, -0.05) is 57.7 Å². The number of likely N-dealkylation sites (tertiary alicyclic amines) is 1. The maximum atomic E-state index is 5.02. The number of rotatable bonds is 8. The van der Waals surface area contributed by atoms with Crippen molar-refractivity contribution < 1.29 is 0 Å². The highest BCUT2D eigenvalue weighted by atomic mass is 15.2. The number of benzene rings is 2. The molecule has 4 aromatic rings. The summed E-state index contributed by atoms with van der Waals surface area (Å²) in [5, 5.41) is 0. The van der Waals surface area contributed by atoms with Crippen LogP contribution in [0.25, 0.3) is 33.4 Å². The summed E-state index contributed by atoms with van der Waals surface area (Å²) < 4.78 is 0. The topological polar surface area (TPSA) is 73.0 Å². The third-order valence-electron chi connectivity index (χ3n) is 7.31. The zero-order chi connectivity index (χ0) is 25.2. The molecule has 186 valence electrons. The lowest BCUT2D eigenvalue weighted by Crippen LogP contribution is -2.32. The molecule has 1 aliphatic heterocycles. The number of hydrogen-bond donors (Lipinski definition) is 2. The minimum absolute atomic E-state index is 0.103. The zero-order valence-electron chi connectivity index (χ0n) is 21.8. The quantitative estimate of drug-likeness (QED) is 0.263. The first-order chi connectivity index (χ1) is 17.4. The molecule has 0 saturated carbocycles. The number of imidazole rings is 2. The third-order valence-corrected chi connectivity index (χ3v) is 7.31. The number of fused-ring (bicyclic) bond motifs is 1. The molecule has 5 rings (SSSR count). The zero-order valence-corrected chi connectivity index (χ0v) is 21.8. The molecule has 3 heterocycles. The van der Waals surface area contributed by atoms with E-state index in [0.717, 1.165) is 59.6 Å². The highest BCUT2D eigenvalue weighted by Gasteiger charge is 2.33. The molecule has 0 spiro atoms. The lowest BCUT2D eigenvalue weighted by atomic mass is 10.00. The van der Waals surface area contributed by atoms with E-state index in [0.29, 0.717) is 5.92 Å². The van der Waals surface area contributed by atoms with Gasteiger partial charge in [-0.05, 0) is 60.9 Å². The Morgan fingerprint density at radius 1 is 1.14 bits per heavy atom. The predicted molar refractivity (Wildman–Crippen MR) is 149 cm³/mol. The molecule has 6 heteroatoms. The number of aliphatic imine (C=N–C) groups is 1. The van der Waals surface area contributed by atoms with Crippen molar-refractivity contribution in [3.63, 3.8) is 0 Å². The molecule has 1 saturated heterocycles. The average molecular weight is 481 g/mol. The van der Waals surface area contributed by atoms with Gasteiger partial charge in [0, 0.05) is 18.0 Å². The number of nitrogens with zero attached hydrogens (tertiary/aromatic N) is 4. The molecule has 2 atom stereocenters. The van der Waals surface area contributed by atoms with Crippen molar-refractivity contribution in [2.75, 3.05) is 6.54 Å². The van der Waals surface area contributed by atoms with Gasteiger partial charge in [0.2, 0.25) is 0 Å². The van der Waals surface area contributed by atoms with Crippen molar-refractivity contribution in [3.8, 4) is 22.4 Å². The second kappa shape index (κ2) is 10.1. The highest BCUT2D eigenvalue weighted by Crippen LogP contribution is 2.37. The van der Waals surface area contributed by atoms with E-state index in [-0.39, 0.29) is 12.1 Å². The van der Waals surface area contributed by atoms with Crippen LogP contribution < -0.4 is 0 Å². The molecule has 6 nitrogen and oxygen atoms in total. The Morgan fingerprint density at radius 2 is 1.89 bits per heavy atom. The van der Waals surface area contributed by atoms with Gasteiger partial charge in [0.1, 0.15) is 5.82 Å². The summed E-state index contributed by atoms with van der Waals surface area (Å²) in [5.74, 6) is 1.42. The minimum Gasteiger partial charge on any atom is -0.363 e. The van der Waals surface area contributed by atoms with E-state index >= 15 is 0 Å². The van der Waals surface area contributed by atoms with Gasteiger partial charge < -0.3 is 14.9 Å². The molecule has 0 radical (unpaired) electrons. The average Bonchev–Trinajstić information content (AvgIpc) is 3.66. The predicted octanol–water partition coefficient (Wildman–Crippen LogP) is 7.17. The van der Waals surface area contributed by atoms with E-state index in [1.807, 2.05) is 6.20 Å². The van der Waals surface area contributed by atoms with Gasteiger partial charge in [0.15, 0.2) is 0 Å². The molecular formula is C30H36N6. The molecule has 1 aliphatic rings. The van der Waals surface area contributed by atoms with Gasteiger partial charge in [-0.3, -0.25) is 4.99 Å². The second-order valence-corrected chi connectivity index (χ2v) is 10.1. The first-order valence-corrected chi connectivity index (χ1v) is 13.0. The third kappa shape index (κ3) is 4.72. The van der Waals surface area contributed by atoms with Crippen LogP contribution in [0.1, 0.15) is 58.8 Å². The molecule has 2 aromatic heterocycles. The van der Waals surface area contributed by atoms with Crippen LogP contribution in [-0.4, -0.2) is 43.1 Å². The molecular weight excluding hydrogens is 444 g/mol. The van der Waals surface area contributed by atoms with Gasteiger partial charge in [0.25, 0.3) is 0 Å². The van der Waals surface area contributed by atoms with Gasteiger partial charge >= 0.3 is 0 Å². The van der Waals surface area contributed by atoms with E-state index in [4.69, 9.17) is 9.98 Å². The van der Waals surface area contributed by atoms with E-state index in [9.17, 15) is 0 Å². The highest BCUT2D eigenvalue weighted by molar-refractivity contribution is 5.83. The summed E-state index contributed by atoms with van der Waals surface area (Å²) in [6.45, 7) is 14.3. The summed E-state index contributed by atoms with van der Waals surface area (Å²) in [4.78, 5) is 23.4. The van der Waals surface area contributed by atoms with E-state index < -0.39 is 0 Å². The minimum atomic E-state index is 0.103. The van der Waals surface area contributed by atoms with Crippen LogP contribution in [0.4, 0.5) is 0 Å². The first-order valence-electron chi connectivity index (χ1n) is 13.0. The largest absolute Gasteiger partial charge is 0.363 e. The Balaban J connectivity index is 1.40. The van der Waals surface area contributed by atoms with Gasteiger partial charge in [-0.25, -0.2) is 9.97 Å². The number of H-pyrrole nitrogens is 2. The van der Waals surface area contributed by atoms with E-state index in [1.165, 1.54) is 16.8 Å². The van der Waals surface area contributed by atoms with Crippen LogP contribution in [-0.2, 0) is 0 Å². The van der Waals surface area contributed by atoms with Gasteiger partial charge in [0.05, 0.1) is 41.3 Å². The first kappa shape index (κ1) is 24.0. The van der Waals surface area contributed by atoms with Crippen LogP contribution in [0.15, 0.2) is 72.3 Å². The monoisotopic (exact) mass is 480 g/mol. The number of aromatic nitrogens is 4. The summed E-state index contributed by atoms with van der Waals surface area (Å²) in [5.41, 5.74) is 8.85. The molecule has 1 fully saturated rings. The van der Waals surface area contributed by atoms with E-state index in [1.54, 1.807) is 6.33 Å². The summed E-state index contributed by atoms with van der Waals surface area (Å²) in [6, 6.07) is 15.4. The number of hydrogen-bond acceptors (Lipinski definition) is 4. The maximum Gasteiger partial charge on any atom is 0.130 e. The molecule has 0 unspecified atom stereocenters. The standard InChI is InChI=1S/C30H36N6/c1-6-20(4)33-29(19(2)3)21(5)36-15-7-8-28(36)30-34-25-14-13-24(16-26(25)35-30)22-9-11-23(12-10-22)27-17-31-18-32-27/h9-14,16-19,28-29H,5-8,15H2,1-4H3,(H,31,32)(H,34,35)/t28-,29-/m0/s1. The smallest absolute Gasteiger partial charge is 0.130 e. The van der Waals surface area contributed by atoms with Gasteiger partial charge in [-0.15, -0.1) is 0 Å². The number of nitrogens with one attached hydrogen (secondary N) is 2. The molecule has 0 bridgehead atoms.